The molecule has 0 unspecified atom stereocenters. The van der Waals surface area contributed by atoms with Gasteiger partial charge in [0.25, 0.3) is 0 Å². The highest BCUT2D eigenvalue weighted by Crippen LogP contribution is 2.25. The molecule has 0 fully saturated rings. The first-order valence-corrected chi connectivity index (χ1v) is 8.32. The Labute approximate surface area is 146 Å². The highest BCUT2D eigenvalue weighted by atomic mass is 35.5. The van der Waals surface area contributed by atoms with Crippen LogP contribution in [0.15, 0.2) is 71.1 Å². The summed E-state index contributed by atoms with van der Waals surface area (Å²) < 4.78 is 5.86. The molecular formula is C20H20ClNO2. The summed E-state index contributed by atoms with van der Waals surface area (Å²) in [5, 5.41) is 14.4. The molecule has 4 heteroatoms. The van der Waals surface area contributed by atoms with Crippen molar-refractivity contribution in [3.63, 3.8) is 0 Å². The molecule has 0 amide bonds. The van der Waals surface area contributed by atoms with Gasteiger partial charge in [-0.3, -0.25) is 0 Å². The van der Waals surface area contributed by atoms with Crippen molar-refractivity contribution in [2.75, 3.05) is 0 Å². The Bertz CT molecular complexity index is 785. The van der Waals surface area contributed by atoms with Gasteiger partial charge < -0.3 is 14.8 Å². The predicted molar refractivity (Wildman–Crippen MR) is 96.9 cm³/mol. The first kappa shape index (κ1) is 16.8. The summed E-state index contributed by atoms with van der Waals surface area (Å²) in [5.74, 6) is 1.60. The van der Waals surface area contributed by atoms with Crippen LogP contribution in [0.3, 0.4) is 0 Å². The maximum Gasteiger partial charge on any atom is 0.134 e. The lowest BCUT2D eigenvalue weighted by Crippen LogP contribution is -2.31. The van der Waals surface area contributed by atoms with Crippen LogP contribution in [0, 0.1) is 0 Å². The smallest absolute Gasteiger partial charge is 0.134 e. The fourth-order valence-corrected chi connectivity index (χ4v) is 2.77. The molecule has 0 spiro atoms. The number of furan rings is 1. The number of halogens is 1. The Morgan fingerprint density at radius 3 is 2.58 bits per heavy atom. The van der Waals surface area contributed by atoms with E-state index in [1.54, 1.807) is 0 Å². The van der Waals surface area contributed by atoms with Gasteiger partial charge in [0, 0.05) is 16.6 Å². The topological polar surface area (TPSA) is 45.4 Å². The van der Waals surface area contributed by atoms with Crippen LogP contribution in [0.2, 0.25) is 5.02 Å². The Balaban J connectivity index is 1.61. The second-order valence-electron chi connectivity index (χ2n) is 5.80. The molecule has 0 aliphatic rings. The van der Waals surface area contributed by atoms with E-state index in [0.717, 1.165) is 22.6 Å². The minimum absolute atomic E-state index is 0.0906. The molecule has 124 valence electrons. The van der Waals surface area contributed by atoms with Crippen LogP contribution in [-0.4, -0.2) is 11.1 Å². The van der Waals surface area contributed by atoms with Crippen molar-refractivity contribution in [3.05, 3.63) is 83.1 Å². The second kappa shape index (κ2) is 7.67. The second-order valence-corrected chi connectivity index (χ2v) is 6.24. The maximum atomic E-state index is 10.4. The van der Waals surface area contributed by atoms with Gasteiger partial charge in [-0.05, 0) is 36.8 Å². The Hall–Kier alpha value is -2.07. The third-order valence-electron chi connectivity index (χ3n) is 3.98. The molecule has 0 aliphatic carbocycles. The molecule has 3 nitrogen and oxygen atoms in total. The van der Waals surface area contributed by atoms with Crippen molar-refractivity contribution in [1.82, 2.24) is 5.32 Å². The van der Waals surface area contributed by atoms with Crippen molar-refractivity contribution < 1.29 is 9.52 Å². The van der Waals surface area contributed by atoms with Crippen LogP contribution in [0.5, 0.6) is 0 Å². The van der Waals surface area contributed by atoms with Gasteiger partial charge in [-0.25, -0.2) is 0 Å². The molecule has 1 heterocycles. The molecule has 2 N–H and O–H groups in total. The SMILES string of the molecule is C[C@@H](NCc1ccc(-c2cccc(Cl)c2)o1)[C@H](O)c1ccccc1. The molecule has 2 aromatic carbocycles. The van der Waals surface area contributed by atoms with Gasteiger partial charge in [0.1, 0.15) is 11.5 Å². The number of aliphatic hydroxyl groups is 1. The summed E-state index contributed by atoms with van der Waals surface area (Å²) in [6.07, 6.45) is -0.562. The molecule has 0 bridgehead atoms. The lowest BCUT2D eigenvalue weighted by atomic mass is 10.0. The molecule has 3 rings (SSSR count). The molecule has 0 saturated carbocycles. The van der Waals surface area contributed by atoms with Gasteiger partial charge in [0.15, 0.2) is 0 Å². The van der Waals surface area contributed by atoms with Crippen molar-refractivity contribution in [2.24, 2.45) is 0 Å². The van der Waals surface area contributed by atoms with Crippen LogP contribution in [-0.2, 0) is 6.54 Å². The lowest BCUT2D eigenvalue weighted by molar-refractivity contribution is 0.134. The average molecular weight is 342 g/mol. The number of hydrogen-bond acceptors (Lipinski definition) is 3. The summed E-state index contributed by atoms with van der Waals surface area (Å²) in [5.41, 5.74) is 1.85. The van der Waals surface area contributed by atoms with Gasteiger partial charge in [-0.2, -0.15) is 0 Å². The van der Waals surface area contributed by atoms with Crippen molar-refractivity contribution in [1.29, 1.82) is 0 Å². The third kappa shape index (κ3) is 4.06. The zero-order valence-electron chi connectivity index (χ0n) is 13.4. The van der Waals surface area contributed by atoms with Crippen LogP contribution in [0.25, 0.3) is 11.3 Å². The predicted octanol–water partition coefficient (Wildman–Crippen LogP) is 4.81. The molecule has 24 heavy (non-hydrogen) atoms. The zero-order chi connectivity index (χ0) is 16.9. The molecule has 0 saturated heterocycles. The number of hydrogen-bond donors (Lipinski definition) is 2. The number of aliphatic hydroxyl groups excluding tert-OH is 1. The molecule has 0 radical (unpaired) electrons. The fourth-order valence-electron chi connectivity index (χ4n) is 2.58. The molecule has 3 aromatic rings. The van der Waals surface area contributed by atoms with Crippen molar-refractivity contribution in [2.45, 2.75) is 25.6 Å². The van der Waals surface area contributed by atoms with Crippen molar-refractivity contribution in [3.8, 4) is 11.3 Å². The Kier molecular flexibility index (Phi) is 5.36. The maximum absolute atomic E-state index is 10.4. The molecular weight excluding hydrogens is 322 g/mol. The van der Waals surface area contributed by atoms with Crippen LogP contribution < -0.4 is 5.32 Å². The normalized spacial score (nSPS) is 13.6. The number of benzene rings is 2. The number of rotatable bonds is 6. The summed E-state index contributed by atoms with van der Waals surface area (Å²) in [6.45, 7) is 2.50. The summed E-state index contributed by atoms with van der Waals surface area (Å²) >= 11 is 6.02. The minimum Gasteiger partial charge on any atom is -0.460 e. The summed E-state index contributed by atoms with van der Waals surface area (Å²) in [6, 6.07) is 21.0. The van der Waals surface area contributed by atoms with Gasteiger partial charge in [-0.1, -0.05) is 54.1 Å². The van der Waals surface area contributed by atoms with E-state index in [-0.39, 0.29) is 6.04 Å². The van der Waals surface area contributed by atoms with Crippen LogP contribution in [0.1, 0.15) is 24.4 Å². The van der Waals surface area contributed by atoms with E-state index < -0.39 is 6.10 Å². The van der Waals surface area contributed by atoms with Crippen LogP contribution >= 0.6 is 11.6 Å². The number of nitrogens with one attached hydrogen (secondary N) is 1. The monoisotopic (exact) mass is 341 g/mol. The molecule has 0 aliphatic heterocycles. The summed E-state index contributed by atoms with van der Waals surface area (Å²) in [7, 11) is 0. The highest BCUT2D eigenvalue weighted by molar-refractivity contribution is 6.30. The standard InChI is InChI=1S/C20H20ClNO2/c1-14(20(23)15-6-3-2-4-7-15)22-13-18-10-11-19(24-18)16-8-5-9-17(21)12-16/h2-12,14,20,22-23H,13H2,1H3/t14-,20+/m1/s1. The fraction of sp³-hybridized carbons (Fsp3) is 0.200. The summed E-state index contributed by atoms with van der Waals surface area (Å²) in [4.78, 5) is 0. The Morgan fingerprint density at radius 2 is 1.83 bits per heavy atom. The largest absolute Gasteiger partial charge is 0.460 e. The van der Waals surface area contributed by atoms with E-state index >= 15 is 0 Å². The van der Waals surface area contributed by atoms with E-state index in [0.29, 0.717) is 11.6 Å². The average Bonchev–Trinajstić information content (AvgIpc) is 3.09. The van der Waals surface area contributed by atoms with E-state index in [1.165, 1.54) is 0 Å². The van der Waals surface area contributed by atoms with Gasteiger partial charge in [0.05, 0.1) is 12.6 Å². The first-order chi connectivity index (χ1) is 11.6. The molecule has 1 aromatic heterocycles. The quantitative estimate of drug-likeness (QED) is 0.676. The van der Waals surface area contributed by atoms with E-state index in [9.17, 15) is 5.11 Å². The van der Waals surface area contributed by atoms with Crippen LogP contribution in [0.4, 0.5) is 0 Å². The highest BCUT2D eigenvalue weighted by Gasteiger charge is 2.16. The zero-order valence-corrected chi connectivity index (χ0v) is 14.2. The van der Waals surface area contributed by atoms with Gasteiger partial charge in [0.2, 0.25) is 0 Å². The first-order valence-electron chi connectivity index (χ1n) is 7.94. The Morgan fingerprint density at radius 1 is 1.04 bits per heavy atom. The van der Waals surface area contributed by atoms with E-state index in [2.05, 4.69) is 5.32 Å². The van der Waals surface area contributed by atoms with E-state index in [1.807, 2.05) is 73.7 Å². The van der Waals surface area contributed by atoms with Gasteiger partial charge >= 0.3 is 0 Å². The third-order valence-corrected chi connectivity index (χ3v) is 4.22. The van der Waals surface area contributed by atoms with Crippen molar-refractivity contribution >= 4 is 11.6 Å². The lowest BCUT2D eigenvalue weighted by Gasteiger charge is -2.20. The van der Waals surface area contributed by atoms with Gasteiger partial charge in [-0.15, -0.1) is 0 Å². The molecule has 2 atom stereocenters. The minimum atomic E-state index is -0.562. The van der Waals surface area contributed by atoms with E-state index in [4.69, 9.17) is 16.0 Å².